The largest absolute Gasteiger partial charge is 0.494 e. The van der Waals surface area contributed by atoms with Crippen LogP contribution in [-0.2, 0) is 23.8 Å². The molecule has 0 saturated heterocycles. The Balaban J connectivity index is 1.33. The number of benzene rings is 3. The van der Waals surface area contributed by atoms with E-state index < -0.39 is 11.9 Å². The minimum Gasteiger partial charge on any atom is -0.494 e. The fourth-order valence-corrected chi connectivity index (χ4v) is 4.12. The summed E-state index contributed by atoms with van der Waals surface area (Å²) in [6.45, 7) is 8.46. The highest BCUT2D eigenvalue weighted by molar-refractivity contribution is 5.91. The predicted molar refractivity (Wildman–Crippen MR) is 170 cm³/mol. The smallest absolute Gasteiger partial charge is 0.343 e. The van der Waals surface area contributed by atoms with Crippen molar-refractivity contribution in [1.29, 1.82) is 0 Å². The average molecular weight is 617 g/mol. The highest BCUT2D eigenvalue weighted by atomic mass is 16.5. The van der Waals surface area contributed by atoms with E-state index in [1.165, 1.54) is 7.11 Å². The number of esters is 3. The van der Waals surface area contributed by atoms with E-state index >= 15 is 0 Å². The number of carbonyl (C=O) groups excluding carboxylic acids is 3. The van der Waals surface area contributed by atoms with Gasteiger partial charge in [-0.25, -0.2) is 9.59 Å². The molecule has 3 rings (SSSR count). The maximum Gasteiger partial charge on any atom is 0.343 e. The van der Waals surface area contributed by atoms with Crippen molar-refractivity contribution < 1.29 is 42.8 Å². The van der Waals surface area contributed by atoms with Crippen molar-refractivity contribution in [3.05, 3.63) is 103 Å². The van der Waals surface area contributed by atoms with E-state index in [9.17, 15) is 14.4 Å². The van der Waals surface area contributed by atoms with Crippen LogP contribution in [0.25, 0.3) is 11.1 Å². The first-order valence-electron chi connectivity index (χ1n) is 14.8. The lowest BCUT2D eigenvalue weighted by Gasteiger charge is -2.09. The monoisotopic (exact) mass is 616 g/mol. The number of methoxy groups -OCH3 is 1. The van der Waals surface area contributed by atoms with Gasteiger partial charge in [-0.15, -0.1) is 0 Å². The first kappa shape index (κ1) is 34.6. The van der Waals surface area contributed by atoms with Crippen molar-refractivity contribution in [2.24, 2.45) is 0 Å². The minimum atomic E-state index is -0.454. The summed E-state index contributed by atoms with van der Waals surface area (Å²) in [5.74, 6) is 0.605. The van der Waals surface area contributed by atoms with Gasteiger partial charge in [0.1, 0.15) is 17.2 Å². The fourth-order valence-electron chi connectivity index (χ4n) is 4.12. The summed E-state index contributed by atoms with van der Waals surface area (Å²) >= 11 is 0. The summed E-state index contributed by atoms with van der Waals surface area (Å²) in [7, 11) is 1.50. The van der Waals surface area contributed by atoms with Crippen molar-refractivity contribution >= 4 is 17.9 Å². The third-order valence-corrected chi connectivity index (χ3v) is 6.50. The van der Waals surface area contributed by atoms with E-state index in [-0.39, 0.29) is 19.0 Å². The molecule has 0 aliphatic carbocycles. The molecule has 45 heavy (non-hydrogen) atoms. The highest BCUT2D eigenvalue weighted by Crippen LogP contribution is 2.24. The quantitative estimate of drug-likeness (QED) is 0.0432. The Morgan fingerprint density at radius 2 is 1.22 bits per heavy atom. The van der Waals surface area contributed by atoms with E-state index in [0.29, 0.717) is 54.6 Å². The maximum atomic E-state index is 12.7. The minimum absolute atomic E-state index is 0.171. The summed E-state index contributed by atoms with van der Waals surface area (Å²) in [5.41, 5.74) is 2.66. The third-order valence-electron chi connectivity index (χ3n) is 6.50. The predicted octanol–water partition coefficient (Wildman–Crippen LogP) is 7.10. The van der Waals surface area contributed by atoms with Gasteiger partial charge >= 0.3 is 17.9 Å². The summed E-state index contributed by atoms with van der Waals surface area (Å²) in [6, 6.07) is 21.7. The standard InChI is InChI=1S/C36H40O9/c1-4-41-34(37)10-9-25-43-31-17-15-29(16-18-31)28-11-13-30(14-12-28)36(39)45-33-21-19-32(20-22-33)42-23-7-5-6-8-24-44-35(38)27(2)26-40-3/h4,11-22H,1-2,5-10,23-26H2,3H3. The molecule has 0 atom stereocenters. The van der Waals surface area contributed by atoms with Crippen LogP contribution < -0.4 is 14.2 Å². The third kappa shape index (κ3) is 12.7. The van der Waals surface area contributed by atoms with Crippen LogP contribution in [0.3, 0.4) is 0 Å². The van der Waals surface area contributed by atoms with Gasteiger partial charge in [-0.3, -0.25) is 4.79 Å². The number of unbranched alkanes of at least 4 members (excludes halogenated alkanes) is 3. The van der Waals surface area contributed by atoms with E-state index in [1.54, 1.807) is 36.4 Å². The molecule has 0 saturated carbocycles. The Labute approximate surface area is 264 Å². The molecule has 238 valence electrons. The first-order valence-corrected chi connectivity index (χ1v) is 14.8. The molecule has 9 nitrogen and oxygen atoms in total. The fraction of sp³-hybridized carbons (Fsp3) is 0.306. The second kappa shape index (κ2) is 19.4. The second-order valence-electron chi connectivity index (χ2n) is 10.0. The molecule has 9 heteroatoms. The lowest BCUT2D eigenvalue weighted by Crippen LogP contribution is -2.11. The van der Waals surface area contributed by atoms with E-state index in [2.05, 4.69) is 17.9 Å². The van der Waals surface area contributed by atoms with Crippen molar-refractivity contribution in [3.63, 3.8) is 0 Å². The normalized spacial score (nSPS) is 10.4. The molecule has 3 aromatic carbocycles. The van der Waals surface area contributed by atoms with Gasteiger partial charge in [-0.1, -0.05) is 37.4 Å². The Kier molecular flexibility index (Phi) is 14.9. The van der Waals surface area contributed by atoms with Gasteiger partial charge in [-0.05, 0) is 91.8 Å². The molecular formula is C36H40O9. The lowest BCUT2D eigenvalue weighted by molar-refractivity contribution is -0.140. The number of carbonyl (C=O) groups is 3. The van der Waals surface area contributed by atoms with E-state index in [0.717, 1.165) is 43.1 Å². The molecule has 0 unspecified atom stereocenters. The average Bonchev–Trinajstić information content (AvgIpc) is 3.05. The molecule has 0 spiro atoms. The van der Waals surface area contributed by atoms with Crippen molar-refractivity contribution in [1.82, 2.24) is 0 Å². The zero-order valence-corrected chi connectivity index (χ0v) is 25.7. The Hall–Kier alpha value is -4.89. The van der Waals surface area contributed by atoms with Crippen LogP contribution in [0.15, 0.2) is 97.8 Å². The molecule has 0 fully saturated rings. The molecule has 0 aromatic heterocycles. The summed E-state index contributed by atoms with van der Waals surface area (Å²) < 4.78 is 31.7. The first-order chi connectivity index (χ1) is 21.9. The van der Waals surface area contributed by atoms with Gasteiger partial charge in [0.25, 0.3) is 0 Å². The highest BCUT2D eigenvalue weighted by Gasteiger charge is 2.10. The van der Waals surface area contributed by atoms with Gasteiger partial charge in [0.15, 0.2) is 0 Å². The van der Waals surface area contributed by atoms with Crippen LogP contribution >= 0.6 is 0 Å². The van der Waals surface area contributed by atoms with Crippen molar-refractivity contribution in [2.75, 3.05) is 33.5 Å². The zero-order chi connectivity index (χ0) is 32.3. The van der Waals surface area contributed by atoms with Crippen LogP contribution in [0.2, 0.25) is 0 Å². The lowest BCUT2D eigenvalue weighted by atomic mass is 10.0. The molecule has 0 N–H and O–H groups in total. The summed E-state index contributed by atoms with van der Waals surface area (Å²) in [5, 5.41) is 0. The SMILES string of the molecule is C=COC(=O)CCCOc1ccc(-c2ccc(C(=O)Oc3ccc(OCCCCCCOC(=O)C(=C)COC)cc3)cc2)cc1. The van der Waals surface area contributed by atoms with Crippen molar-refractivity contribution in [3.8, 4) is 28.4 Å². The van der Waals surface area contributed by atoms with Gasteiger partial charge in [-0.2, -0.15) is 0 Å². The van der Waals surface area contributed by atoms with Crippen LogP contribution in [0.1, 0.15) is 48.9 Å². The number of hydrogen-bond donors (Lipinski definition) is 0. The molecule has 0 radical (unpaired) electrons. The van der Waals surface area contributed by atoms with Gasteiger partial charge in [0.05, 0.1) is 43.8 Å². The van der Waals surface area contributed by atoms with Crippen LogP contribution in [0.4, 0.5) is 0 Å². The van der Waals surface area contributed by atoms with Gasteiger partial charge in [0.2, 0.25) is 0 Å². The number of rotatable bonds is 20. The topological polar surface area (TPSA) is 107 Å². The van der Waals surface area contributed by atoms with E-state index in [1.807, 2.05) is 36.4 Å². The van der Waals surface area contributed by atoms with Crippen LogP contribution in [0, 0.1) is 0 Å². The Morgan fingerprint density at radius 3 is 1.82 bits per heavy atom. The zero-order valence-electron chi connectivity index (χ0n) is 25.7. The van der Waals surface area contributed by atoms with Gasteiger partial charge in [0, 0.05) is 13.5 Å². The molecular weight excluding hydrogens is 576 g/mol. The molecule has 0 bridgehead atoms. The van der Waals surface area contributed by atoms with E-state index in [4.69, 9.17) is 23.7 Å². The Bertz CT molecular complexity index is 1380. The van der Waals surface area contributed by atoms with Crippen molar-refractivity contribution in [2.45, 2.75) is 38.5 Å². The van der Waals surface area contributed by atoms with Crippen LogP contribution in [-0.4, -0.2) is 51.4 Å². The van der Waals surface area contributed by atoms with Gasteiger partial charge < -0.3 is 28.4 Å². The molecule has 0 heterocycles. The molecule has 0 amide bonds. The summed E-state index contributed by atoms with van der Waals surface area (Å²) in [6.07, 6.45) is 5.43. The Morgan fingerprint density at radius 1 is 0.689 bits per heavy atom. The summed E-state index contributed by atoms with van der Waals surface area (Å²) in [4.78, 5) is 35.6. The van der Waals surface area contributed by atoms with Crippen LogP contribution in [0.5, 0.6) is 17.2 Å². The molecule has 3 aromatic rings. The number of ether oxygens (including phenoxy) is 6. The maximum absolute atomic E-state index is 12.7. The molecule has 0 aliphatic heterocycles. The second-order valence-corrected chi connectivity index (χ2v) is 10.0. The molecule has 0 aliphatic rings. The number of hydrogen-bond acceptors (Lipinski definition) is 9.